The number of hydrogen-bond acceptors (Lipinski definition) is 3. The van der Waals surface area contributed by atoms with E-state index in [0.717, 1.165) is 0 Å². The van der Waals surface area contributed by atoms with E-state index >= 15 is 0 Å². The summed E-state index contributed by atoms with van der Waals surface area (Å²) in [5, 5.41) is 0.0510. The van der Waals surface area contributed by atoms with Crippen LogP contribution in [0.3, 0.4) is 0 Å². The molecule has 0 aromatic carbocycles. The van der Waals surface area contributed by atoms with Gasteiger partial charge in [-0.25, -0.2) is 0 Å². The summed E-state index contributed by atoms with van der Waals surface area (Å²) >= 11 is 11.2. The van der Waals surface area contributed by atoms with Crippen molar-refractivity contribution in [3.8, 4) is 5.88 Å². The van der Waals surface area contributed by atoms with Crippen LogP contribution in [0.2, 0.25) is 10.0 Å². The Balaban J connectivity index is 2.57. The van der Waals surface area contributed by atoms with Gasteiger partial charge in [0, 0.05) is 6.61 Å². The summed E-state index contributed by atoms with van der Waals surface area (Å²) in [6.07, 6.45) is 0. The van der Waals surface area contributed by atoms with Crippen molar-refractivity contribution < 1.29 is 13.9 Å². The molecule has 0 aliphatic rings. The molecule has 0 aliphatic carbocycles. The molecular weight excluding hydrogens is 244 g/mol. The maximum Gasteiger partial charge on any atom is 0.235 e. The van der Waals surface area contributed by atoms with Crippen molar-refractivity contribution in [3.05, 3.63) is 22.1 Å². The number of nitrogens with zero attached hydrogens (tertiary/aromatic N) is 1. The molecule has 0 saturated heterocycles. The average molecular weight is 254 g/mol. The van der Waals surface area contributed by atoms with E-state index in [9.17, 15) is 4.39 Å². The Morgan fingerprint density at radius 3 is 2.73 bits per heavy atom. The topological polar surface area (TPSA) is 31.4 Å². The largest absolute Gasteiger partial charge is 0.474 e. The van der Waals surface area contributed by atoms with Gasteiger partial charge in [0.1, 0.15) is 11.6 Å². The number of ether oxygens (including phenoxy) is 2. The molecule has 0 spiro atoms. The van der Waals surface area contributed by atoms with Crippen molar-refractivity contribution in [2.24, 2.45) is 0 Å². The molecule has 0 unspecified atom stereocenters. The van der Waals surface area contributed by atoms with E-state index in [-0.39, 0.29) is 22.5 Å². The van der Waals surface area contributed by atoms with Crippen molar-refractivity contribution >= 4 is 23.2 Å². The second-order valence-corrected chi connectivity index (χ2v) is 3.41. The molecule has 0 atom stereocenters. The molecule has 84 valence electrons. The normalized spacial score (nSPS) is 10.4. The smallest absolute Gasteiger partial charge is 0.235 e. The molecule has 1 rings (SSSR count). The predicted octanol–water partition coefficient (Wildman–Crippen LogP) is 2.94. The minimum atomic E-state index is -0.799. The van der Waals surface area contributed by atoms with Crippen LogP contribution in [0.4, 0.5) is 4.39 Å². The van der Waals surface area contributed by atoms with Crippen LogP contribution in [0.25, 0.3) is 0 Å². The van der Waals surface area contributed by atoms with Crippen LogP contribution in [0, 0.1) is 5.95 Å². The Hall–Kier alpha value is -0.580. The van der Waals surface area contributed by atoms with Gasteiger partial charge in [0.15, 0.2) is 0 Å². The lowest BCUT2D eigenvalue weighted by atomic mass is 10.5. The van der Waals surface area contributed by atoms with E-state index in [1.807, 2.05) is 6.92 Å². The lowest BCUT2D eigenvalue weighted by Gasteiger charge is -2.07. The van der Waals surface area contributed by atoms with Gasteiger partial charge in [-0.1, -0.05) is 23.2 Å². The first-order valence-electron chi connectivity index (χ1n) is 4.37. The first-order valence-corrected chi connectivity index (χ1v) is 5.12. The van der Waals surface area contributed by atoms with Crippen LogP contribution in [0.15, 0.2) is 6.07 Å². The predicted molar refractivity (Wildman–Crippen MR) is 56.2 cm³/mol. The molecule has 1 heterocycles. The van der Waals surface area contributed by atoms with E-state index in [4.69, 9.17) is 32.7 Å². The highest BCUT2D eigenvalue weighted by Gasteiger charge is 2.09. The molecule has 1 aromatic rings. The highest BCUT2D eigenvalue weighted by atomic mass is 35.5. The standard InChI is InChI=1S/C9H10Cl2FNO2/c1-2-14-3-4-15-9-7(11)5-6(10)8(12)13-9/h5H,2-4H2,1H3. The second kappa shape index (κ2) is 6.10. The third-order valence-electron chi connectivity index (χ3n) is 1.53. The van der Waals surface area contributed by atoms with Gasteiger partial charge in [0.05, 0.1) is 11.6 Å². The highest BCUT2D eigenvalue weighted by Crippen LogP contribution is 2.26. The monoisotopic (exact) mass is 253 g/mol. The van der Waals surface area contributed by atoms with Gasteiger partial charge in [-0.15, -0.1) is 0 Å². The third-order valence-corrected chi connectivity index (χ3v) is 2.06. The Morgan fingerprint density at radius 2 is 2.07 bits per heavy atom. The summed E-state index contributed by atoms with van der Waals surface area (Å²) in [7, 11) is 0. The minimum Gasteiger partial charge on any atom is -0.474 e. The Labute approximate surface area is 97.1 Å². The van der Waals surface area contributed by atoms with Gasteiger partial charge < -0.3 is 9.47 Å². The van der Waals surface area contributed by atoms with Crippen molar-refractivity contribution in [1.29, 1.82) is 0 Å². The zero-order chi connectivity index (χ0) is 11.3. The molecule has 3 nitrogen and oxygen atoms in total. The van der Waals surface area contributed by atoms with Crippen LogP contribution in [-0.4, -0.2) is 24.8 Å². The third kappa shape index (κ3) is 3.81. The molecule has 0 N–H and O–H groups in total. The molecule has 0 radical (unpaired) electrons. The number of pyridine rings is 1. The van der Waals surface area contributed by atoms with Gasteiger partial charge in [0.25, 0.3) is 0 Å². The zero-order valence-corrected chi connectivity index (χ0v) is 9.61. The van der Waals surface area contributed by atoms with E-state index in [1.165, 1.54) is 6.07 Å². The van der Waals surface area contributed by atoms with Gasteiger partial charge in [0.2, 0.25) is 11.8 Å². The number of rotatable bonds is 5. The Bertz CT molecular complexity index is 336. The van der Waals surface area contributed by atoms with Gasteiger partial charge in [-0.3, -0.25) is 0 Å². The van der Waals surface area contributed by atoms with Crippen molar-refractivity contribution in [2.75, 3.05) is 19.8 Å². The molecule has 0 bridgehead atoms. The summed E-state index contributed by atoms with van der Waals surface area (Å²) in [5.74, 6) is -0.772. The van der Waals surface area contributed by atoms with Crippen LogP contribution in [-0.2, 0) is 4.74 Å². The summed E-state index contributed by atoms with van der Waals surface area (Å²) in [4.78, 5) is 3.46. The van der Waals surface area contributed by atoms with Crippen LogP contribution in [0.1, 0.15) is 6.92 Å². The Morgan fingerprint density at radius 1 is 1.33 bits per heavy atom. The van der Waals surface area contributed by atoms with E-state index in [0.29, 0.717) is 13.2 Å². The maximum atomic E-state index is 12.9. The van der Waals surface area contributed by atoms with Crippen molar-refractivity contribution in [1.82, 2.24) is 4.98 Å². The van der Waals surface area contributed by atoms with E-state index in [2.05, 4.69) is 4.98 Å². The quantitative estimate of drug-likeness (QED) is 0.598. The van der Waals surface area contributed by atoms with Crippen LogP contribution < -0.4 is 4.74 Å². The molecule has 0 amide bonds. The maximum absolute atomic E-state index is 12.9. The fraction of sp³-hybridized carbons (Fsp3) is 0.444. The van der Waals surface area contributed by atoms with Gasteiger partial charge in [-0.05, 0) is 13.0 Å². The van der Waals surface area contributed by atoms with Crippen LogP contribution in [0.5, 0.6) is 5.88 Å². The fourth-order valence-corrected chi connectivity index (χ4v) is 1.28. The Kier molecular flexibility index (Phi) is 5.08. The summed E-state index contributed by atoms with van der Waals surface area (Å²) in [5.41, 5.74) is 0. The lowest BCUT2D eigenvalue weighted by Crippen LogP contribution is -2.08. The zero-order valence-electron chi connectivity index (χ0n) is 8.10. The van der Waals surface area contributed by atoms with E-state index < -0.39 is 5.95 Å². The first-order chi connectivity index (χ1) is 7.15. The summed E-state index contributed by atoms with van der Waals surface area (Å²) < 4.78 is 23.1. The summed E-state index contributed by atoms with van der Waals surface area (Å²) in [6, 6.07) is 1.25. The van der Waals surface area contributed by atoms with E-state index in [1.54, 1.807) is 0 Å². The molecular formula is C9H10Cl2FNO2. The highest BCUT2D eigenvalue weighted by molar-refractivity contribution is 6.35. The molecule has 15 heavy (non-hydrogen) atoms. The molecule has 1 aromatic heterocycles. The van der Waals surface area contributed by atoms with Crippen molar-refractivity contribution in [3.63, 3.8) is 0 Å². The number of halogens is 3. The molecule has 0 saturated carbocycles. The average Bonchev–Trinajstić information content (AvgIpc) is 2.20. The van der Waals surface area contributed by atoms with Gasteiger partial charge >= 0.3 is 0 Å². The molecule has 6 heteroatoms. The fourth-order valence-electron chi connectivity index (χ4n) is 0.871. The lowest BCUT2D eigenvalue weighted by molar-refractivity contribution is 0.108. The number of hydrogen-bond donors (Lipinski definition) is 0. The first kappa shape index (κ1) is 12.5. The number of aromatic nitrogens is 1. The molecule has 0 aliphatic heterocycles. The second-order valence-electron chi connectivity index (χ2n) is 2.59. The minimum absolute atomic E-state index is 0.0262. The van der Waals surface area contributed by atoms with Crippen molar-refractivity contribution in [2.45, 2.75) is 6.92 Å². The van der Waals surface area contributed by atoms with Crippen LogP contribution >= 0.6 is 23.2 Å². The summed E-state index contributed by atoms with van der Waals surface area (Å²) in [6.45, 7) is 3.13. The van der Waals surface area contributed by atoms with Gasteiger partial charge in [-0.2, -0.15) is 9.37 Å². The SMILES string of the molecule is CCOCCOc1nc(F)c(Cl)cc1Cl. The molecule has 0 fully saturated rings.